The van der Waals surface area contributed by atoms with E-state index in [4.69, 9.17) is 0 Å². The molecule has 0 aliphatic rings. The van der Waals surface area contributed by atoms with Gasteiger partial charge in [-0.05, 0) is 63.1 Å². The molecule has 3 rings (SSSR count). The van der Waals surface area contributed by atoms with Crippen molar-refractivity contribution in [1.29, 1.82) is 0 Å². The Balaban J connectivity index is 2.07. The number of hydrogen-bond donors (Lipinski definition) is 1. The summed E-state index contributed by atoms with van der Waals surface area (Å²) >= 11 is 0. The molecule has 7 nitrogen and oxygen atoms in total. The Morgan fingerprint density at radius 2 is 1.60 bits per heavy atom. The highest BCUT2D eigenvalue weighted by Crippen LogP contribution is 2.33. The predicted molar refractivity (Wildman–Crippen MR) is 156 cm³/mol. The molecule has 3 aromatic carbocycles. The average Bonchev–Trinajstić information content (AvgIpc) is 2.94. The Hall–Kier alpha value is -3.86. The number of halogens is 3. The van der Waals surface area contributed by atoms with E-state index in [1.54, 1.807) is 31.2 Å². The predicted octanol–water partition coefficient (Wildman–Crippen LogP) is 5.85. The lowest BCUT2D eigenvalue weighted by Gasteiger charge is -2.32. The van der Waals surface area contributed by atoms with Gasteiger partial charge in [-0.1, -0.05) is 66.9 Å². The number of aryl methyl sites for hydroxylation is 2. The third kappa shape index (κ3) is 8.34. The Morgan fingerprint density at radius 1 is 0.929 bits per heavy atom. The molecule has 0 unspecified atom stereocenters. The summed E-state index contributed by atoms with van der Waals surface area (Å²) in [5.74, 6) is -1.17. The number of hydrogen-bond acceptors (Lipinski definition) is 4. The second-order valence-corrected chi connectivity index (χ2v) is 12.1. The number of alkyl halides is 3. The van der Waals surface area contributed by atoms with Crippen LogP contribution in [-0.4, -0.2) is 44.3 Å². The molecule has 0 fully saturated rings. The van der Waals surface area contributed by atoms with Gasteiger partial charge in [-0.2, -0.15) is 13.2 Å². The first-order valence-corrected chi connectivity index (χ1v) is 15.1. The van der Waals surface area contributed by atoms with Crippen LogP contribution in [0, 0.1) is 13.8 Å². The minimum atomic E-state index is -4.73. The Bertz CT molecular complexity index is 1490. The summed E-state index contributed by atoms with van der Waals surface area (Å²) in [4.78, 5) is 28.0. The number of nitrogens with zero attached hydrogens (tertiary/aromatic N) is 2. The zero-order valence-electron chi connectivity index (χ0n) is 24.1. The van der Waals surface area contributed by atoms with Crippen LogP contribution in [0.3, 0.4) is 0 Å². The van der Waals surface area contributed by atoms with Crippen LogP contribution in [0.25, 0.3) is 0 Å². The fraction of sp³-hybridized carbons (Fsp3) is 0.355. The smallest absolute Gasteiger partial charge is 0.354 e. The van der Waals surface area contributed by atoms with Gasteiger partial charge < -0.3 is 10.2 Å². The maximum Gasteiger partial charge on any atom is 0.416 e. The minimum absolute atomic E-state index is 0.0100. The Kier molecular flexibility index (Phi) is 10.8. The van der Waals surface area contributed by atoms with Crippen LogP contribution in [0.4, 0.5) is 18.9 Å². The van der Waals surface area contributed by atoms with Crippen LogP contribution in [-0.2, 0) is 32.3 Å². The summed E-state index contributed by atoms with van der Waals surface area (Å²) in [7, 11) is -4.49. The molecule has 1 atom stereocenters. The van der Waals surface area contributed by atoms with Gasteiger partial charge in [-0.3, -0.25) is 13.9 Å². The molecule has 0 aliphatic heterocycles. The van der Waals surface area contributed by atoms with E-state index < -0.39 is 46.2 Å². The van der Waals surface area contributed by atoms with E-state index in [0.717, 1.165) is 36.1 Å². The molecule has 0 bridgehead atoms. The summed E-state index contributed by atoms with van der Waals surface area (Å²) in [5.41, 5.74) is 1.03. The molecule has 0 aromatic heterocycles. The van der Waals surface area contributed by atoms with Gasteiger partial charge in [0.1, 0.15) is 12.6 Å². The fourth-order valence-corrected chi connectivity index (χ4v) is 5.74. The largest absolute Gasteiger partial charge is 0.416 e. The number of carbonyl (C=O) groups excluding carboxylic acids is 2. The van der Waals surface area contributed by atoms with Crippen LogP contribution in [0.15, 0.2) is 77.7 Å². The van der Waals surface area contributed by atoms with Gasteiger partial charge >= 0.3 is 6.18 Å². The second kappa shape index (κ2) is 13.9. The molecule has 2 amide bonds. The lowest BCUT2D eigenvalue weighted by atomic mass is 10.1. The minimum Gasteiger partial charge on any atom is -0.354 e. The van der Waals surface area contributed by atoms with E-state index in [1.165, 1.54) is 30.0 Å². The molecule has 11 heteroatoms. The average molecular weight is 604 g/mol. The van der Waals surface area contributed by atoms with Gasteiger partial charge in [0, 0.05) is 13.1 Å². The van der Waals surface area contributed by atoms with Gasteiger partial charge in [0.05, 0.1) is 16.1 Å². The summed E-state index contributed by atoms with van der Waals surface area (Å²) in [6, 6.07) is 15.9. The zero-order chi connectivity index (χ0) is 31.1. The van der Waals surface area contributed by atoms with Crippen LogP contribution in [0.2, 0.25) is 0 Å². The molecule has 0 saturated carbocycles. The number of anilines is 1. The molecule has 226 valence electrons. The molecular formula is C31H36F3N3O4S. The highest BCUT2D eigenvalue weighted by Gasteiger charge is 2.35. The Labute approximate surface area is 245 Å². The van der Waals surface area contributed by atoms with Crippen LogP contribution in [0.5, 0.6) is 0 Å². The summed E-state index contributed by atoms with van der Waals surface area (Å²) in [6.07, 6.45) is -3.15. The standard InChI is InChI=1S/C31H36F3N3O4S/c1-5-6-17-35-30(39)24(4)36(20-25-10-7-9-23(3)18-25)29(38)21-37(27-12-8-11-26(19-27)31(32,33)34)42(40,41)28-15-13-22(2)14-16-28/h7-16,18-19,24H,5-6,17,20-21H2,1-4H3,(H,35,39)/t24-/m0/s1. The first-order valence-electron chi connectivity index (χ1n) is 13.6. The van der Waals surface area contributed by atoms with Crippen molar-refractivity contribution < 1.29 is 31.2 Å². The van der Waals surface area contributed by atoms with Crippen LogP contribution in [0.1, 0.15) is 48.9 Å². The number of nitrogens with one attached hydrogen (secondary N) is 1. The molecule has 42 heavy (non-hydrogen) atoms. The summed E-state index contributed by atoms with van der Waals surface area (Å²) < 4.78 is 69.1. The molecule has 0 heterocycles. The first-order chi connectivity index (χ1) is 19.7. The molecule has 0 saturated heterocycles. The van der Waals surface area contributed by atoms with Gasteiger partial charge in [0.2, 0.25) is 11.8 Å². The van der Waals surface area contributed by atoms with E-state index >= 15 is 0 Å². The van der Waals surface area contributed by atoms with E-state index in [9.17, 15) is 31.2 Å². The fourth-order valence-electron chi connectivity index (χ4n) is 4.33. The maximum atomic E-state index is 13.9. The third-order valence-corrected chi connectivity index (χ3v) is 8.57. The topological polar surface area (TPSA) is 86.8 Å². The maximum absolute atomic E-state index is 13.9. The quantitative estimate of drug-likeness (QED) is 0.263. The van der Waals surface area contributed by atoms with Crippen molar-refractivity contribution in [2.45, 2.75) is 64.2 Å². The first kappa shape index (κ1) is 32.7. The van der Waals surface area contributed by atoms with Crippen molar-refractivity contribution in [2.75, 3.05) is 17.4 Å². The lowest BCUT2D eigenvalue weighted by Crippen LogP contribution is -2.51. The zero-order valence-corrected chi connectivity index (χ0v) is 24.9. The molecule has 3 aromatic rings. The number of rotatable bonds is 12. The van der Waals surface area contributed by atoms with Crippen LogP contribution < -0.4 is 9.62 Å². The number of sulfonamides is 1. The SMILES string of the molecule is CCCCNC(=O)[C@H](C)N(Cc1cccc(C)c1)C(=O)CN(c1cccc(C(F)(F)F)c1)S(=O)(=O)c1ccc(C)cc1. The molecule has 0 aliphatic carbocycles. The van der Waals surface area contributed by atoms with Gasteiger partial charge in [-0.15, -0.1) is 0 Å². The highest BCUT2D eigenvalue weighted by molar-refractivity contribution is 7.92. The van der Waals surface area contributed by atoms with Crippen molar-refractivity contribution in [2.24, 2.45) is 0 Å². The summed E-state index contributed by atoms with van der Waals surface area (Å²) in [6.45, 7) is 6.73. The second-order valence-electron chi connectivity index (χ2n) is 10.2. The van der Waals surface area contributed by atoms with Crippen molar-refractivity contribution in [1.82, 2.24) is 10.2 Å². The van der Waals surface area contributed by atoms with Crippen molar-refractivity contribution in [3.63, 3.8) is 0 Å². The van der Waals surface area contributed by atoms with Crippen LogP contribution >= 0.6 is 0 Å². The highest BCUT2D eigenvalue weighted by atomic mass is 32.2. The molecular weight excluding hydrogens is 567 g/mol. The summed E-state index contributed by atoms with van der Waals surface area (Å²) in [5, 5.41) is 2.80. The molecule has 0 spiro atoms. The molecule has 0 radical (unpaired) electrons. The van der Waals surface area contributed by atoms with Crippen molar-refractivity contribution >= 4 is 27.5 Å². The number of amides is 2. The third-order valence-electron chi connectivity index (χ3n) is 6.78. The Morgan fingerprint density at radius 3 is 2.21 bits per heavy atom. The lowest BCUT2D eigenvalue weighted by molar-refractivity contribution is -0.139. The van der Waals surface area contributed by atoms with Gasteiger partial charge in [0.25, 0.3) is 10.0 Å². The molecule has 1 N–H and O–H groups in total. The number of carbonyl (C=O) groups is 2. The van der Waals surface area contributed by atoms with E-state index in [0.29, 0.717) is 22.5 Å². The van der Waals surface area contributed by atoms with E-state index in [-0.39, 0.29) is 17.1 Å². The normalized spacial score (nSPS) is 12.5. The number of unbranched alkanes of at least 4 members (excludes halogenated alkanes) is 1. The van der Waals surface area contributed by atoms with E-state index in [1.807, 2.05) is 26.0 Å². The number of benzene rings is 3. The van der Waals surface area contributed by atoms with Crippen molar-refractivity contribution in [3.05, 3.63) is 95.1 Å². The monoisotopic (exact) mass is 603 g/mol. The van der Waals surface area contributed by atoms with Gasteiger partial charge in [-0.25, -0.2) is 8.42 Å². The van der Waals surface area contributed by atoms with E-state index in [2.05, 4.69) is 5.32 Å². The van der Waals surface area contributed by atoms with Crippen molar-refractivity contribution in [3.8, 4) is 0 Å². The van der Waals surface area contributed by atoms with Gasteiger partial charge in [0.15, 0.2) is 0 Å².